The van der Waals surface area contributed by atoms with Crippen molar-refractivity contribution >= 4 is 17.5 Å². The van der Waals surface area contributed by atoms with Crippen LogP contribution in [0, 0.1) is 0 Å². The topological polar surface area (TPSA) is 44.6 Å². The second-order valence-corrected chi connectivity index (χ2v) is 6.96. The minimum atomic E-state index is 0.225. The summed E-state index contributed by atoms with van der Waals surface area (Å²) in [5, 5.41) is 0.656. The largest absolute Gasteiger partial charge is 0.340 e. The second-order valence-electron chi connectivity index (χ2n) is 6.58. The predicted octanol–water partition coefficient (Wildman–Crippen LogP) is 1.45. The van der Waals surface area contributed by atoms with Gasteiger partial charge in [0.15, 0.2) is 0 Å². The Hall–Kier alpha value is -1.11. The summed E-state index contributed by atoms with van der Waals surface area (Å²) in [6, 6.07) is 0.385. The van der Waals surface area contributed by atoms with E-state index in [1.807, 2.05) is 23.6 Å². The Morgan fingerprint density at radius 1 is 1.35 bits per heavy atom. The van der Waals surface area contributed by atoms with Gasteiger partial charge in [-0.25, -0.2) is 4.98 Å². The molecule has 1 aromatic heterocycles. The van der Waals surface area contributed by atoms with Crippen molar-refractivity contribution in [1.82, 2.24) is 24.3 Å². The molecule has 1 amide bonds. The van der Waals surface area contributed by atoms with Crippen molar-refractivity contribution in [3.05, 3.63) is 17.2 Å². The van der Waals surface area contributed by atoms with E-state index >= 15 is 0 Å². The maximum absolute atomic E-state index is 12.4. The first-order valence-corrected chi connectivity index (χ1v) is 8.62. The normalized spacial score (nSPS) is 17.1. The third kappa shape index (κ3) is 4.93. The Labute approximate surface area is 144 Å². The average molecular weight is 342 g/mol. The van der Waals surface area contributed by atoms with Crippen LogP contribution >= 0.6 is 11.6 Å². The summed E-state index contributed by atoms with van der Waals surface area (Å²) in [5.74, 6) is 1.19. The summed E-state index contributed by atoms with van der Waals surface area (Å²) in [4.78, 5) is 23.2. The van der Waals surface area contributed by atoms with Crippen LogP contribution in [0.3, 0.4) is 0 Å². The third-order valence-electron chi connectivity index (χ3n) is 4.60. The van der Waals surface area contributed by atoms with Gasteiger partial charge in [0.2, 0.25) is 5.91 Å². The highest BCUT2D eigenvalue weighted by molar-refractivity contribution is 6.29. The molecule has 1 aromatic rings. The fraction of sp³-hybridized carbons (Fsp3) is 0.750. The molecule has 23 heavy (non-hydrogen) atoms. The summed E-state index contributed by atoms with van der Waals surface area (Å²) in [6.07, 6.45) is 2.68. The Kier molecular flexibility index (Phi) is 6.44. The van der Waals surface area contributed by atoms with Gasteiger partial charge in [-0.3, -0.25) is 14.6 Å². The van der Waals surface area contributed by atoms with E-state index in [0.29, 0.717) is 17.7 Å². The lowest BCUT2D eigenvalue weighted by Gasteiger charge is -2.26. The van der Waals surface area contributed by atoms with Gasteiger partial charge in [0.05, 0.1) is 19.3 Å². The molecular formula is C16H28ClN5O. The number of hydrogen-bond donors (Lipinski definition) is 0. The molecule has 2 rings (SSSR count). The van der Waals surface area contributed by atoms with Gasteiger partial charge in [0, 0.05) is 39.3 Å². The van der Waals surface area contributed by atoms with E-state index in [1.165, 1.54) is 0 Å². The van der Waals surface area contributed by atoms with Crippen LogP contribution in [0.5, 0.6) is 0 Å². The Bertz CT molecular complexity index is 531. The van der Waals surface area contributed by atoms with Crippen molar-refractivity contribution in [2.45, 2.75) is 32.9 Å². The van der Waals surface area contributed by atoms with Crippen LogP contribution in [0.25, 0.3) is 0 Å². The molecule has 0 aliphatic carbocycles. The second kappa shape index (κ2) is 8.13. The van der Waals surface area contributed by atoms with Crippen LogP contribution in [0.4, 0.5) is 0 Å². The van der Waals surface area contributed by atoms with Gasteiger partial charge in [0.25, 0.3) is 0 Å². The molecule has 0 aromatic carbocycles. The van der Waals surface area contributed by atoms with E-state index in [9.17, 15) is 4.79 Å². The zero-order chi connectivity index (χ0) is 17.0. The van der Waals surface area contributed by atoms with E-state index in [4.69, 9.17) is 11.6 Å². The zero-order valence-electron chi connectivity index (χ0n) is 14.6. The number of imidazole rings is 1. The highest BCUT2D eigenvalue weighted by atomic mass is 35.5. The van der Waals surface area contributed by atoms with Gasteiger partial charge in [0.1, 0.15) is 11.0 Å². The maximum Gasteiger partial charge on any atom is 0.236 e. The zero-order valence-corrected chi connectivity index (χ0v) is 15.4. The summed E-state index contributed by atoms with van der Waals surface area (Å²) in [7, 11) is 3.93. The Morgan fingerprint density at radius 2 is 2.09 bits per heavy atom. The van der Waals surface area contributed by atoms with Crippen LogP contribution in [0.2, 0.25) is 5.15 Å². The van der Waals surface area contributed by atoms with Crippen molar-refractivity contribution in [3.63, 3.8) is 0 Å². The van der Waals surface area contributed by atoms with E-state index in [2.05, 4.69) is 28.6 Å². The van der Waals surface area contributed by atoms with Crippen molar-refractivity contribution in [2.75, 3.05) is 39.8 Å². The van der Waals surface area contributed by atoms with Gasteiger partial charge in [-0.15, -0.1) is 0 Å². The van der Waals surface area contributed by atoms with Crippen molar-refractivity contribution in [1.29, 1.82) is 0 Å². The lowest BCUT2D eigenvalue weighted by atomic mass is 10.3. The molecule has 1 aliphatic rings. The van der Waals surface area contributed by atoms with Crippen LogP contribution in [0.1, 0.15) is 26.1 Å². The summed E-state index contributed by atoms with van der Waals surface area (Å²) < 4.78 is 1.91. The number of nitrogens with zero attached hydrogens (tertiary/aromatic N) is 5. The molecular weight excluding hydrogens is 314 g/mol. The molecule has 6 nitrogen and oxygen atoms in total. The van der Waals surface area contributed by atoms with Crippen molar-refractivity contribution in [2.24, 2.45) is 7.05 Å². The van der Waals surface area contributed by atoms with Gasteiger partial charge in [-0.2, -0.15) is 0 Å². The van der Waals surface area contributed by atoms with Gasteiger partial charge in [-0.1, -0.05) is 11.6 Å². The summed E-state index contributed by atoms with van der Waals surface area (Å²) in [5.41, 5.74) is 0. The number of carbonyl (C=O) groups excluding carboxylic acids is 1. The van der Waals surface area contributed by atoms with Crippen LogP contribution < -0.4 is 0 Å². The van der Waals surface area contributed by atoms with Crippen molar-refractivity contribution in [3.8, 4) is 0 Å². The molecule has 130 valence electrons. The Balaban J connectivity index is 1.87. The van der Waals surface area contributed by atoms with Gasteiger partial charge < -0.3 is 9.47 Å². The molecule has 0 atom stereocenters. The number of hydrogen-bond acceptors (Lipinski definition) is 4. The predicted molar refractivity (Wildman–Crippen MR) is 92.5 cm³/mol. The lowest BCUT2D eigenvalue weighted by Crippen LogP contribution is -2.42. The van der Waals surface area contributed by atoms with E-state index in [1.54, 1.807) is 6.20 Å². The molecule has 0 unspecified atom stereocenters. The molecule has 1 fully saturated rings. The van der Waals surface area contributed by atoms with Crippen molar-refractivity contribution < 1.29 is 4.79 Å². The number of halogens is 1. The smallest absolute Gasteiger partial charge is 0.236 e. The van der Waals surface area contributed by atoms with Crippen LogP contribution in [0.15, 0.2) is 6.20 Å². The molecule has 1 aliphatic heterocycles. The highest BCUT2D eigenvalue weighted by Gasteiger charge is 2.21. The number of rotatable bonds is 5. The SMILES string of the molecule is CC(C)N(C)CC(=O)N1CCCN(Cc2ncc(Cl)n2C)CC1. The Morgan fingerprint density at radius 3 is 2.70 bits per heavy atom. The molecule has 0 spiro atoms. The maximum atomic E-state index is 12.4. The molecule has 0 saturated carbocycles. The number of aromatic nitrogens is 2. The number of amides is 1. The molecule has 0 N–H and O–H groups in total. The molecule has 2 heterocycles. The fourth-order valence-electron chi connectivity index (χ4n) is 2.65. The first kappa shape index (κ1) is 18.2. The summed E-state index contributed by atoms with van der Waals surface area (Å²) in [6.45, 7) is 8.95. The molecule has 0 bridgehead atoms. The minimum Gasteiger partial charge on any atom is -0.340 e. The van der Waals surface area contributed by atoms with Crippen LogP contribution in [-0.4, -0.2) is 76.0 Å². The fourth-order valence-corrected chi connectivity index (χ4v) is 2.79. The summed E-state index contributed by atoms with van der Waals surface area (Å²) >= 11 is 6.04. The number of carbonyl (C=O) groups is 1. The first-order chi connectivity index (χ1) is 10.9. The monoisotopic (exact) mass is 341 g/mol. The number of likely N-dealkylation sites (N-methyl/N-ethyl adjacent to an activating group) is 1. The third-order valence-corrected chi connectivity index (χ3v) is 4.95. The first-order valence-electron chi connectivity index (χ1n) is 8.25. The van der Waals surface area contributed by atoms with E-state index in [0.717, 1.165) is 45.0 Å². The quantitative estimate of drug-likeness (QED) is 0.813. The molecule has 0 radical (unpaired) electrons. The standard InChI is InChI=1S/C16H28ClN5O/c1-13(2)19(3)12-16(23)22-7-5-6-21(8-9-22)11-15-18-10-14(17)20(15)4/h10,13H,5-9,11-12H2,1-4H3. The van der Waals surface area contributed by atoms with Gasteiger partial charge in [-0.05, 0) is 27.3 Å². The van der Waals surface area contributed by atoms with E-state index in [-0.39, 0.29) is 5.91 Å². The lowest BCUT2D eigenvalue weighted by molar-refractivity contribution is -0.132. The van der Waals surface area contributed by atoms with Gasteiger partial charge >= 0.3 is 0 Å². The van der Waals surface area contributed by atoms with E-state index < -0.39 is 0 Å². The molecule has 7 heteroatoms. The van der Waals surface area contributed by atoms with Crippen LogP contribution in [-0.2, 0) is 18.4 Å². The highest BCUT2D eigenvalue weighted by Crippen LogP contribution is 2.13. The minimum absolute atomic E-state index is 0.225. The molecule has 1 saturated heterocycles. The average Bonchev–Trinajstić information content (AvgIpc) is 2.71.